The van der Waals surface area contributed by atoms with Crippen LogP contribution in [0.3, 0.4) is 0 Å². The van der Waals surface area contributed by atoms with E-state index in [0.717, 1.165) is 45.2 Å². The summed E-state index contributed by atoms with van der Waals surface area (Å²) in [7, 11) is 2.04. The van der Waals surface area contributed by atoms with Crippen LogP contribution in [0.25, 0.3) is 0 Å². The lowest BCUT2D eigenvalue weighted by atomic mass is 9.81. The Morgan fingerprint density at radius 2 is 2.26 bits per heavy atom. The van der Waals surface area contributed by atoms with Gasteiger partial charge in [-0.2, -0.15) is 0 Å². The van der Waals surface area contributed by atoms with E-state index in [-0.39, 0.29) is 11.5 Å². The van der Waals surface area contributed by atoms with Crippen molar-refractivity contribution in [3.05, 3.63) is 0 Å². The summed E-state index contributed by atoms with van der Waals surface area (Å²) in [6.45, 7) is 6.27. The van der Waals surface area contributed by atoms with Gasteiger partial charge in [-0.3, -0.25) is 0 Å². The van der Waals surface area contributed by atoms with Gasteiger partial charge in [0.1, 0.15) is 0 Å². The highest BCUT2D eigenvalue weighted by Gasteiger charge is 2.44. The van der Waals surface area contributed by atoms with Crippen LogP contribution in [0, 0.1) is 17.3 Å². The maximum absolute atomic E-state index is 10.0. The topological polar surface area (TPSA) is 44.7 Å². The predicted octanol–water partition coefficient (Wildman–Crippen LogP) is 0.705. The molecule has 0 radical (unpaired) electrons. The molecule has 3 rings (SSSR count). The highest BCUT2D eigenvalue weighted by atomic mass is 16.5. The Morgan fingerprint density at radius 3 is 2.95 bits per heavy atom. The van der Waals surface area contributed by atoms with Crippen molar-refractivity contribution in [2.75, 3.05) is 46.4 Å². The quantitative estimate of drug-likeness (QED) is 0.788. The van der Waals surface area contributed by atoms with Crippen LogP contribution in [-0.4, -0.2) is 62.6 Å². The first-order valence-corrected chi connectivity index (χ1v) is 7.85. The summed E-state index contributed by atoms with van der Waals surface area (Å²) in [4.78, 5) is 2.59. The van der Waals surface area contributed by atoms with Gasteiger partial charge in [-0.25, -0.2) is 0 Å². The molecular formula is C15H28N2O2. The second-order valence-corrected chi connectivity index (χ2v) is 6.95. The van der Waals surface area contributed by atoms with Crippen molar-refractivity contribution in [1.29, 1.82) is 0 Å². The second-order valence-electron chi connectivity index (χ2n) is 6.95. The number of nitrogens with zero attached hydrogens (tertiary/aromatic N) is 1. The number of hydrogen-bond acceptors (Lipinski definition) is 4. The van der Waals surface area contributed by atoms with Crippen LogP contribution >= 0.6 is 0 Å². The van der Waals surface area contributed by atoms with Gasteiger partial charge in [0.15, 0.2) is 0 Å². The van der Waals surface area contributed by atoms with Crippen molar-refractivity contribution in [2.24, 2.45) is 17.3 Å². The Labute approximate surface area is 116 Å². The van der Waals surface area contributed by atoms with E-state index in [0.29, 0.717) is 5.92 Å². The predicted molar refractivity (Wildman–Crippen MR) is 75.1 cm³/mol. The summed E-state index contributed by atoms with van der Waals surface area (Å²) in [6, 6.07) is 0. The molecule has 0 aromatic rings. The number of aliphatic hydroxyl groups excluding tert-OH is 1. The van der Waals surface area contributed by atoms with Gasteiger partial charge in [0.2, 0.25) is 0 Å². The fraction of sp³-hybridized carbons (Fsp3) is 1.00. The molecule has 4 atom stereocenters. The molecule has 1 saturated carbocycles. The van der Waals surface area contributed by atoms with Crippen LogP contribution in [-0.2, 0) is 4.74 Å². The van der Waals surface area contributed by atoms with Crippen molar-refractivity contribution in [3.63, 3.8) is 0 Å². The van der Waals surface area contributed by atoms with E-state index in [9.17, 15) is 5.11 Å². The zero-order chi connectivity index (χ0) is 13.3. The molecule has 4 nitrogen and oxygen atoms in total. The number of ether oxygens (including phenoxy) is 1. The van der Waals surface area contributed by atoms with Crippen molar-refractivity contribution < 1.29 is 9.84 Å². The maximum atomic E-state index is 10.0. The number of rotatable bonds is 4. The lowest BCUT2D eigenvalue weighted by molar-refractivity contribution is -0.0240. The zero-order valence-electron chi connectivity index (χ0n) is 12.1. The molecule has 0 aromatic carbocycles. The van der Waals surface area contributed by atoms with E-state index >= 15 is 0 Å². The van der Waals surface area contributed by atoms with Crippen LogP contribution in [0.2, 0.25) is 0 Å². The molecule has 2 aliphatic heterocycles. The highest BCUT2D eigenvalue weighted by molar-refractivity contribution is 4.96. The van der Waals surface area contributed by atoms with E-state index < -0.39 is 0 Å². The monoisotopic (exact) mass is 268 g/mol. The number of aliphatic hydroxyl groups is 1. The van der Waals surface area contributed by atoms with Crippen molar-refractivity contribution in [2.45, 2.75) is 31.8 Å². The molecule has 0 amide bonds. The average Bonchev–Trinajstić information content (AvgIpc) is 2.93. The standard InChI is InChI=1S/C15H28N2O2/c1-16-9-15(5-2-6-19-11-15)10-17-7-12-3-4-14(18)13(12)8-17/h12-14,16,18H,2-11H2,1H3. The Bertz CT molecular complexity index is 299. The van der Waals surface area contributed by atoms with Gasteiger partial charge in [-0.05, 0) is 38.6 Å². The van der Waals surface area contributed by atoms with Crippen molar-refractivity contribution in [3.8, 4) is 0 Å². The van der Waals surface area contributed by atoms with Gasteiger partial charge in [0, 0.05) is 44.1 Å². The maximum Gasteiger partial charge on any atom is 0.0583 e. The lowest BCUT2D eigenvalue weighted by Crippen LogP contribution is -2.48. The molecule has 4 heteroatoms. The summed E-state index contributed by atoms with van der Waals surface area (Å²) in [5.74, 6) is 1.28. The van der Waals surface area contributed by atoms with E-state index in [1.165, 1.54) is 25.8 Å². The first-order chi connectivity index (χ1) is 9.22. The van der Waals surface area contributed by atoms with Crippen LogP contribution in [0.15, 0.2) is 0 Å². The third kappa shape index (κ3) is 2.82. The molecule has 2 saturated heterocycles. The zero-order valence-corrected chi connectivity index (χ0v) is 12.1. The Balaban J connectivity index is 1.60. The molecule has 0 spiro atoms. The van der Waals surface area contributed by atoms with Gasteiger partial charge >= 0.3 is 0 Å². The number of hydrogen-bond donors (Lipinski definition) is 2. The molecule has 4 unspecified atom stereocenters. The minimum atomic E-state index is -0.0437. The summed E-state index contributed by atoms with van der Waals surface area (Å²) in [6.07, 6.45) is 4.65. The van der Waals surface area contributed by atoms with E-state index in [1.54, 1.807) is 0 Å². The molecule has 2 N–H and O–H groups in total. The van der Waals surface area contributed by atoms with Gasteiger partial charge < -0.3 is 20.1 Å². The summed E-state index contributed by atoms with van der Waals surface area (Å²) in [5.41, 5.74) is 0.288. The van der Waals surface area contributed by atoms with Gasteiger partial charge in [0.25, 0.3) is 0 Å². The molecule has 19 heavy (non-hydrogen) atoms. The van der Waals surface area contributed by atoms with Gasteiger partial charge in [-0.1, -0.05) is 0 Å². The normalized spacial score (nSPS) is 43.6. The minimum Gasteiger partial charge on any atom is -0.393 e. The van der Waals surface area contributed by atoms with Crippen LogP contribution in [0.1, 0.15) is 25.7 Å². The third-order valence-corrected chi connectivity index (χ3v) is 5.41. The number of nitrogens with one attached hydrogen (secondary N) is 1. The van der Waals surface area contributed by atoms with E-state index in [4.69, 9.17) is 4.74 Å². The molecule has 0 aromatic heterocycles. The number of fused-ring (bicyclic) bond motifs is 1. The average molecular weight is 268 g/mol. The highest BCUT2D eigenvalue weighted by Crippen LogP contribution is 2.40. The molecule has 0 bridgehead atoms. The fourth-order valence-electron chi connectivity index (χ4n) is 4.54. The minimum absolute atomic E-state index is 0.0437. The Kier molecular flexibility index (Phi) is 4.13. The molecule has 1 aliphatic carbocycles. The lowest BCUT2D eigenvalue weighted by Gasteiger charge is -2.40. The third-order valence-electron chi connectivity index (χ3n) is 5.41. The summed E-state index contributed by atoms with van der Waals surface area (Å²) in [5, 5.41) is 13.4. The van der Waals surface area contributed by atoms with Gasteiger partial charge in [0.05, 0.1) is 12.7 Å². The number of likely N-dealkylation sites (tertiary alicyclic amines) is 1. The SMILES string of the molecule is CNCC1(CN2CC3CCC(O)C3C2)CCCOC1. The summed E-state index contributed by atoms with van der Waals surface area (Å²) >= 11 is 0. The van der Waals surface area contributed by atoms with Crippen LogP contribution in [0.4, 0.5) is 0 Å². The molecule has 3 aliphatic rings. The molecular weight excluding hydrogens is 240 g/mol. The first-order valence-electron chi connectivity index (χ1n) is 7.85. The van der Waals surface area contributed by atoms with Gasteiger partial charge in [-0.15, -0.1) is 0 Å². The smallest absolute Gasteiger partial charge is 0.0583 e. The first kappa shape index (κ1) is 13.8. The van der Waals surface area contributed by atoms with E-state index in [1.807, 2.05) is 7.05 Å². The largest absolute Gasteiger partial charge is 0.393 e. The molecule has 110 valence electrons. The molecule has 3 fully saturated rings. The van der Waals surface area contributed by atoms with Crippen LogP contribution < -0.4 is 5.32 Å². The van der Waals surface area contributed by atoms with Crippen molar-refractivity contribution in [1.82, 2.24) is 10.2 Å². The Morgan fingerprint density at radius 1 is 1.37 bits per heavy atom. The molecule has 2 heterocycles. The Hall–Kier alpha value is -0.160. The van der Waals surface area contributed by atoms with Crippen molar-refractivity contribution >= 4 is 0 Å². The second kappa shape index (κ2) is 5.68. The van der Waals surface area contributed by atoms with Crippen LogP contribution in [0.5, 0.6) is 0 Å². The van der Waals surface area contributed by atoms with E-state index in [2.05, 4.69) is 10.2 Å². The summed E-state index contributed by atoms with van der Waals surface area (Å²) < 4.78 is 5.75. The fourth-order valence-corrected chi connectivity index (χ4v) is 4.54.